The van der Waals surface area contributed by atoms with Gasteiger partial charge in [0.25, 0.3) is 0 Å². The van der Waals surface area contributed by atoms with Crippen LogP contribution in [0.4, 0.5) is 5.82 Å². The number of aromatic nitrogens is 1. The molecule has 4 nitrogen and oxygen atoms in total. The topological polar surface area (TPSA) is 57.0 Å². The number of carbonyl (C=O) groups is 1. The highest BCUT2D eigenvalue weighted by molar-refractivity contribution is 7.81. The number of amides is 1. The number of thiol groups is 1. The van der Waals surface area contributed by atoms with E-state index in [1.54, 1.807) is 11.0 Å². The van der Waals surface area contributed by atoms with Crippen molar-refractivity contribution in [3.8, 4) is 6.07 Å². The number of rotatable bonds is 1. The molecule has 2 rings (SSSR count). The second kappa shape index (κ2) is 4.14. The molecule has 16 heavy (non-hydrogen) atoms. The fourth-order valence-corrected chi connectivity index (χ4v) is 2.12. The number of nitrogens with zero attached hydrogens (tertiary/aromatic N) is 3. The summed E-state index contributed by atoms with van der Waals surface area (Å²) in [5.41, 5.74) is 1.35. The van der Waals surface area contributed by atoms with E-state index in [-0.39, 0.29) is 11.2 Å². The van der Waals surface area contributed by atoms with Gasteiger partial charge in [-0.2, -0.15) is 17.9 Å². The number of anilines is 1. The van der Waals surface area contributed by atoms with Crippen molar-refractivity contribution in [1.29, 1.82) is 5.26 Å². The lowest BCUT2D eigenvalue weighted by atomic mass is 10.2. The number of pyridine rings is 1. The third kappa shape index (κ3) is 1.89. The molecule has 2 heterocycles. The van der Waals surface area contributed by atoms with Crippen molar-refractivity contribution in [3.63, 3.8) is 0 Å². The Morgan fingerprint density at radius 1 is 1.69 bits per heavy atom. The van der Waals surface area contributed by atoms with Gasteiger partial charge in [0.1, 0.15) is 11.9 Å². The molecule has 0 bridgehead atoms. The van der Waals surface area contributed by atoms with Crippen LogP contribution in [0, 0.1) is 18.3 Å². The maximum Gasteiger partial charge on any atom is 0.229 e. The molecule has 1 fully saturated rings. The van der Waals surface area contributed by atoms with Crippen molar-refractivity contribution >= 4 is 24.4 Å². The zero-order valence-electron chi connectivity index (χ0n) is 8.84. The Morgan fingerprint density at radius 2 is 2.44 bits per heavy atom. The fraction of sp³-hybridized carbons (Fsp3) is 0.364. The van der Waals surface area contributed by atoms with E-state index in [4.69, 9.17) is 5.26 Å². The van der Waals surface area contributed by atoms with E-state index in [2.05, 4.69) is 17.6 Å². The molecular formula is C11H11N3OS. The van der Waals surface area contributed by atoms with E-state index in [1.807, 2.05) is 13.0 Å². The predicted molar refractivity (Wildman–Crippen MR) is 63.4 cm³/mol. The molecule has 1 aliphatic heterocycles. The molecule has 1 unspecified atom stereocenters. The van der Waals surface area contributed by atoms with Crippen LogP contribution in [0.2, 0.25) is 0 Å². The number of hydrogen-bond acceptors (Lipinski definition) is 4. The fourth-order valence-electron chi connectivity index (χ4n) is 1.80. The summed E-state index contributed by atoms with van der Waals surface area (Å²) >= 11 is 4.29. The summed E-state index contributed by atoms with van der Waals surface area (Å²) in [4.78, 5) is 17.5. The van der Waals surface area contributed by atoms with Gasteiger partial charge in [-0.05, 0) is 18.6 Å². The summed E-state index contributed by atoms with van der Waals surface area (Å²) in [6.45, 7) is 2.43. The number of nitriles is 1. The lowest BCUT2D eigenvalue weighted by molar-refractivity contribution is -0.117. The first kappa shape index (κ1) is 11.0. The Morgan fingerprint density at radius 3 is 2.94 bits per heavy atom. The van der Waals surface area contributed by atoms with Crippen molar-refractivity contribution in [2.75, 3.05) is 11.4 Å². The molecule has 0 aliphatic carbocycles. The smallest absolute Gasteiger partial charge is 0.229 e. The van der Waals surface area contributed by atoms with Crippen LogP contribution in [0.15, 0.2) is 12.3 Å². The van der Waals surface area contributed by atoms with Crippen molar-refractivity contribution in [2.24, 2.45) is 0 Å². The summed E-state index contributed by atoms with van der Waals surface area (Å²) in [6, 6.07) is 3.76. The van der Waals surface area contributed by atoms with Gasteiger partial charge in [0.15, 0.2) is 0 Å². The molecule has 1 amide bonds. The Bertz CT molecular complexity index is 481. The quantitative estimate of drug-likeness (QED) is 0.744. The van der Waals surface area contributed by atoms with Gasteiger partial charge in [-0.25, -0.2) is 4.98 Å². The van der Waals surface area contributed by atoms with Gasteiger partial charge in [-0.1, -0.05) is 0 Å². The highest BCUT2D eigenvalue weighted by Gasteiger charge is 2.29. The minimum atomic E-state index is 0.0420. The van der Waals surface area contributed by atoms with Crippen molar-refractivity contribution < 1.29 is 4.79 Å². The minimum absolute atomic E-state index is 0.0420. The Kier molecular flexibility index (Phi) is 2.84. The van der Waals surface area contributed by atoms with Crippen LogP contribution in [-0.2, 0) is 4.79 Å². The van der Waals surface area contributed by atoms with Crippen molar-refractivity contribution in [2.45, 2.75) is 18.6 Å². The zero-order chi connectivity index (χ0) is 11.7. The normalized spacial score (nSPS) is 19.9. The summed E-state index contributed by atoms with van der Waals surface area (Å²) in [7, 11) is 0. The molecule has 0 N–H and O–H groups in total. The second-order valence-electron chi connectivity index (χ2n) is 3.84. The van der Waals surface area contributed by atoms with Gasteiger partial charge >= 0.3 is 0 Å². The van der Waals surface area contributed by atoms with E-state index < -0.39 is 0 Å². The van der Waals surface area contributed by atoms with Gasteiger partial charge < -0.3 is 0 Å². The van der Waals surface area contributed by atoms with Crippen molar-refractivity contribution in [1.82, 2.24) is 4.98 Å². The Hall–Kier alpha value is -1.54. The standard InChI is InChI=1S/C11H11N3OS/c1-7-2-8(4-12)5-13-11(7)14-6-9(16)3-10(14)15/h2,5,9,16H,3,6H2,1H3. The SMILES string of the molecule is Cc1cc(C#N)cnc1N1CC(S)CC1=O. The first-order chi connectivity index (χ1) is 7.61. The largest absolute Gasteiger partial charge is 0.295 e. The van der Waals surface area contributed by atoms with E-state index in [0.717, 1.165) is 5.56 Å². The maximum absolute atomic E-state index is 11.7. The van der Waals surface area contributed by atoms with Crippen LogP contribution in [0.3, 0.4) is 0 Å². The van der Waals surface area contributed by atoms with Crippen LogP contribution in [0.5, 0.6) is 0 Å². The van der Waals surface area contributed by atoms with Gasteiger partial charge in [0, 0.05) is 24.4 Å². The molecule has 0 radical (unpaired) electrons. The van der Waals surface area contributed by atoms with Crippen LogP contribution in [0.1, 0.15) is 17.5 Å². The molecule has 82 valence electrons. The second-order valence-corrected chi connectivity index (χ2v) is 4.57. The molecule has 1 aliphatic rings. The van der Waals surface area contributed by atoms with Gasteiger partial charge in [0.05, 0.1) is 5.56 Å². The number of aryl methyl sites for hydroxylation is 1. The highest BCUT2D eigenvalue weighted by atomic mass is 32.1. The van der Waals surface area contributed by atoms with Crippen LogP contribution >= 0.6 is 12.6 Å². The molecule has 1 atom stereocenters. The predicted octanol–water partition coefficient (Wildman–Crippen LogP) is 1.30. The van der Waals surface area contributed by atoms with Gasteiger partial charge in [-0.15, -0.1) is 0 Å². The van der Waals surface area contributed by atoms with Gasteiger partial charge in [0.2, 0.25) is 5.91 Å². The lowest BCUT2D eigenvalue weighted by Crippen LogP contribution is -2.26. The average Bonchev–Trinajstić information content (AvgIpc) is 2.57. The molecule has 5 heteroatoms. The van der Waals surface area contributed by atoms with E-state index in [9.17, 15) is 4.79 Å². The zero-order valence-corrected chi connectivity index (χ0v) is 9.74. The minimum Gasteiger partial charge on any atom is -0.295 e. The molecule has 1 aromatic heterocycles. The molecule has 0 saturated carbocycles. The molecular weight excluding hydrogens is 222 g/mol. The summed E-state index contributed by atoms with van der Waals surface area (Å²) in [6.07, 6.45) is 1.94. The Balaban J connectivity index is 2.35. The van der Waals surface area contributed by atoms with Gasteiger partial charge in [-0.3, -0.25) is 9.69 Å². The molecule has 0 spiro atoms. The third-order valence-electron chi connectivity index (χ3n) is 2.54. The highest BCUT2D eigenvalue weighted by Crippen LogP contribution is 2.25. The summed E-state index contributed by atoms with van der Waals surface area (Å²) < 4.78 is 0. The first-order valence-corrected chi connectivity index (χ1v) is 5.48. The number of carbonyl (C=O) groups excluding carboxylic acids is 1. The Labute approximate surface area is 99.3 Å². The first-order valence-electron chi connectivity index (χ1n) is 4.97. The summed E-state index contributed by atoms with van der Waals surface area (Å²) in [5, 5.41) is 8.80. The monoisotopic (exact) mass is 233 g/mol. The van der Waals surface area contributed by atoms with Crippen LogP contribution in [0.25, 0.3) is 0 Å². The van der Waals surface area contributed by atoms with E-state index in [1.165, 1.54) is 6.20 Å². The molecule has 1 aromatic rings. The van der Waals surface area contributed by atoms with Crippen LogP contribution in [-0.4, -0.2) is 22.7 Å². The lowest BCUT2D eigenvalue weighted by Gasteiger charge is -2.16. The summed E-state index contributed by atoms with van der Waals surface area (Å²) in [5.74, 6) is 0.681. The van der Waals surface area contributed by atoms with E-state index in [0.29, 0.717) is 24.3 Å². The van der Waals surface area contributed by atoms with Crippen molar-refractivity contribution in [3.05, 3.63) is 23.4 Å². The average molecular weight is 233 g/mol. The molecule has 0 aromatic carbocycles. The van der Waals surface area contributed by atoms with E-state index >= 15 is 0 Å². The maximum atomic E-state index is 11.7. The molecule has 1 saturated heterocycles. The van der Waals surface area contributed by atoms with Crippen LogP contribution < -0.4 is 4.90 Å². The third-order valence-corrected chi connectivity index (χ3v) is 2.89. The number of hydrogen-bond donors (Lipinski definition) is 1.